The van der Waals surface area contributed by atoms with E-state index in [1.165, 1.54) is 6.08 Å². The van der Waals surface area contributed by atoms with Crippen LogP contribution in [0.25, 0.3) is 6.08 Å². The summed E-state index contributed by atoms with van der Waals surface area (Å²) in [5.74, 6) is 0. The Kier molecular flexibility index (Phi) is 3.68. The molecule has 1 aromatic rings. The van der Waals surface area contributed by atoms with Crippen LogP contribution in [0.3, 0.4) is 0 Å². The Hall–Kier alpha value is -1.10. The van der Waals surface area contributed by atoms with E-state index in [0.717, 1.165) is 5.56 Å². The van der Waals surface area contributed by atoms with Gasteiger partial charge in [-0.3, -0.25) is 0 Å². The SMILES string of the molecule is Cc1ccc(/C=C/S(=O)C(F)(F)F)cc1. The quantitative estimate of drug-likeness (QED) is 0.767. The first-order valence-electron chi connectivity index (χ1n) is 4.12. The van der Waals surface area contributed by atoms with E-state index in [0.29, 0.717) is 11.0 Å². The highest BCUT2D eigenvalue weighted by Crippen LogP contribution is 2.21. The molecule has 0 bridgehead atoms. The minimum Gasteiger partial charge on any atom is -0.246 e. The molecule has 0 heterocycles. The predicted octanol–water partition coefficient (Wildman–Crippen LogP) is 3.23. The van der Waals surface area contributed by atoms with Crippen LogP contribution < -0.4 is 0 Å². The van der Waals surface area contributed by atoms with Gasteiger partial charge in [-0.1, -0.05) is 29.8 Å². The highest BCUT2D eigenvalue weighted by Gasteiger charge is 2.34. The molecular formula is C10H9F3OS. The maximum atomic E-state index is 11.9. The lowest BCUT2D eigenvalue weighted by Crippen LogP contribution is -2.13. The average molecular weight is 234 g/mol. The number of rotatable bonds is 2. The molecule has 1 nitrogen and oxygen atoms in total. The zero-order valence-corrected chi connectivity index (χ0v) is 8.73. The third-order valence-corrected chi connectivity index (χ3v) is 2.53. The van der Waals surface area contributed by atoms with Crippen LogP contribution in [0.1, 0.15) is 11.1 Å². The van der Waals surface area contributed by atoms with Crippen LogP contribution in [-0.2, 0) is 10.8 Å². The highest BCUT2D eigenvalue weighted by molar-refractivity contribution is 7.89. The average Bonchev–Trinajstić information content (AvgIpc) is 2.15. The Morgan fingerprint density at radius 3 is 2.20 bits per heavy atom. The van der Waals surface area contributed by atoms with Gasteiger partial charge < -0.3 is 0 Å². The Morgan fingerprint density at radius 1 is 1.20 bits per heavy atom. The number of aryl methyl sites for hydroxylation is 1. The van der Waals surface area contributed by atoms with Crippen molar-refractivity contribution in [2.75, 3.05) is 0 Å². The zero-order chi connectivity index (χ0) is 11.5. The van der Waals surface area contributed by atoms with Gasteiger partial charge in [0.1, 0.15) is 0 Å². The summed E-state index contributed by atoms with van der Waals surface area (Å²) in [6.45, 7) is 1.88. The van der Waals surface area contributed by atoms with Crippen molar-refractivity contribution >= 4 is 16.9 Å². The van der Waals surface area contributed by atoms with Crippen molar-refractivity contribution in [1.82, 2.24) is 0 Å². The zero-order valence-electron chi connectivity index (χ0n) is 7.91. The summed E-state index contributed by atoms with van der Waals surface area (Å²) in [6.07, 6.45) is 1.20. The van der Waals surface area contributed by atoms with Gasteiger partial charge in [-0.25, -0.2) is 4.21 Å². The van der Waals surface area contributed by atoms with E-state index in [2.05, 4.69) is 0 Å². The molecule has 1 aromatic carbocycles. The van der Waals surface area contributed by atoms with Crippen LogP contribution in [0.15, 0.2) is 29.7 Å². The molecule has 0 radical (unpaired) electrons. The number of hydrogen-bond donors (Lipinski definition) is 0. The van der Waals surface area contributed by atoms with Crippen LogP contribution in [-0.4, -0.2) is 9.72 Å². The Bertz CT molecular complexity index is 379. The highest BCUT2D eigenvalue weighted by atomic mass is 32.2. The summed E-state index contributed by atoms with van der Waals surface area (Å²) in [5, 5.41) is 0.644. The van der Waals surface area contributed by atoms with E-state index in [-0.39, 0.29) is 0 Å². The first-order chi connectivity index (χ1) is 6.89. The lowest BCUT2D eigenvalue weighted by Gasteiger charge is -2.00. The number of halogens is 3. The number of alkyl halides is 3. The van der Waals surface area contributed by atoms with Crippen molar-refractivity contribution in [2.24, 2.45) is 0 Å². The number of benzene rings is 1. The first-order valence-corrected chi connectivity index (χ1v) is 5.33. The van der Waals surface area contributed by atoms with Gasteiger partial charge in [0.25, 0.3) is 0 Å². The molecule has 0 spiro atoms. The smallest absolute Gasteiger partial charge is 0.246 e. The molecule has 82 valence electrons. The maximum Gasteiger partial charge on any atom is 0.475 e. The van der Waals surface area contributed by atoms with E-state index in [1.807, 2.05) is 6.92 Å². The molecule has 0 amide bonds. The Labute approximate surface area is 88.1 Å². The molecule has 1 unspecified atom stereocenters. The van der Waals surface area contributed by atoms with E-state index in [4.69, 9.17) is 0 Å². The van der Waals surface area contributed by atoms with E-state index >= 15 is 0 Å². The molecule has 0 aromatic heterocycles. The van der Waals surface area contributed by atoms with Crippen LogP contribution >= 0.6 is 0 Å². The molecular weight excluding hydrogens is 225 g/mol. The van der Waals surface area contributed by atoms with Gasteiger partial charge in [0.15, 0.2) is 10.8 Å². The fraction of sp³-hybridized carbons (Fsp3) is 0.200. The van der Waals surface area contributed by atoms with Gasteiger partial charge >= 0.3 is 5.51 Å². The third kappa shape index (κ3) is 3.87. The lowest BCUT2D eigenvalue weighted by molar-refractivity contribution is -0.0374. The van der Waals surface area contributed by atoms with E-state index in [1.54, 1.807) is 24.3 Å². The molecule has 0 aliphatic rings. The topological polar surface area (TPSA) is 17.1 Å². The summed E-state index contributed by atoms with van der Waals surface area (Å²) in [7, 11) is -2.92. The summed E-state index contributed by atoms with van der Waals surface area (Å²) in [5.41, 5.74) is -3.07. The van der Waals surface area contributed by atoms with Crippen molar-refractivity contribution < 1.29 is 17.4 Å². The third-order valence-electron chi connectivity index (χ3n) is 1.69. The second-order valence-electron chi connectivity index (χ2n) is 2.96. The molecule has 0 fully saturated rings. The maximum absolute atomic E-state index is 11.9. The summed E-state index contributed by atoms with van der Waals surface area (Å²) in [4.78, 5) is 0. The molecule has 1 atom stereocenters. The van der Waals surface area contributed by atoms with Crippen molar-refractivity contribution in [3.05, 3.63) is 40.8 Å². The number of hydrogen-bond acceptors (Lipinski definition) is 1. The van der Waals surface area contributed by atoms with E-state index < -0.39 is 16.3 Å². The molecule has 15 heavy (non-hydrogen) atoms. The second-order valence-corrected chi connectivity index (χ2v) is 4.29. The molecule has 0 aliphatic carbocycles. The van der Waals surface area contributed by atoms with Crippen molar-refractivity contribution in [2.45, 2.75) is 12.4 Å². The molecule has 0 saturated heterocycles. The Balaban J connectivity index is 2.74. The van der Waals surface area contributed by atoms with Gasteiger partial charge in [0.05, 0.1) is 0 Å². The van der Waals surface area contributed by atoms with Gasteiger partial charge in [0, 0.05) is 5.41 Å². The van der Waals surface area contributed by atoms with Crippen molar-refractivity contribution in [1.29, 1.82) is 0 Å². The van der Waals surface area contributed by atoms with Gasteiger partial charge in [-0.15, -0.1) is 0 Å². The van der Waals surface area contributed by atoms with Gasteiger partial charge in [-0.2, -0.15) is 13.2 Å². The minimum atomic E-state index is -4.68. The minimum absolute atomic E-state index is 0.596. The Morgan fingerprint density at radius 2 is 1.73 bits per heavy atom. The summed E-state index contributed by atoms with van der Waals surface area (Å²) >= 11 is 0. The van der Waals surface area contributed by atoms with Crippen LogP contribution in [0, 0.1) is 6.92 Å². The summed E-state index contributed by atoms with van der Waals surface area (Å²) < 4.78 is 46.2. The summed E-state index contributed by atoms with van der Waals surface area (Å²) in [6, 6.07) is 6.88. The van der Waals surface area contributed by atoms with Crippen LogP contribution in [0.4, 0.5) is 13.2 Å². The largest absolute Gasteiger partial charge is 0.475 e. The van der Waals surface area contributed by atoms with Gasteiger partial charge in [0.2, 0.25) is 0 Å². The fourth-order valence-electron chi connectivity index (χ4n) is 0.895. The first kappa shape index (κ1) is 12.0. The van der Waals surface area contributed by atoms with Crippen molar-refractivity contribution in [3.8, 4) is 0 Å². The monoisotopic (exact) mass is 234 g/mol. The predicted molar refractivity (Wildman–Crippen MR) is 54.4 cm³/mol. The van der Waals surface area contributed by atoms with E-state index in [9.17, 15) is 17.4 Å². The molecule has 1 rings (SSSR count). The standard InChI is InChI=1S/C10H9F3OS/c1-8-2-4-9(5-3-8)6-7-15(14)10(11,12)13/h2-7H,1H3/b7-6+. The van der Waals surface area contributed by atoms with Crippen LogP contribution in [0.5, 0.6) is 0 Å². The molecule has 0 aliphatic heterocycles. The molecule has 0 N–H and O–H groups in total. The normalized spacial score (nSPS) is 14.4. The second kappa shape index (κ2) is 4.61. The fourth-order valence-corrected chi connectivity index (χ4v) is 1.33. The van der Waals surface area contributed by atoms with Crippen LogP contribution in [0.2, 0.25) is 0 Å². The van der Waals surface area contributed by atoms with Gasteiger partial charge in [-0.05, 0) is 18.6 Å². The lowest BCUT2D eigenvalue weighted by atomic mass is 10.2. The van der Waals surface area contributed by atoms with Crippen molar-refractivity contribution in [3.63, 3.8) is 0 Å². The molecule has 5 heteroatoms. The molecule has 0 saturated carbocycles.